The van der Waals surface area contributed by atoms with Crippen molar-refractivity contribution in [2.45, 2.75) is 19.8 Å². The van der Waals surface area contributed by atoms with Crippen molar-refractivity contribution in [3.05, 3.63) is 29.3 Å². The first kappa shape index (κ1) is 11.9. The Morgan fingerprint density at radius 3 is 2.67 bits per heavy atom. The molecule has 0 amide bonds. The van der Waals surface area contributed by atoms with Crippen molar-refractivity contribution in [2.24, 2.45) is 5.73 Å². The van der Waals surface area contributed by atoms with Gasteiger partial charge in [-0.25, -0.2) is 0 Å². The molecule has 3 nitrogen and oxygen atoms in total. The Morgan fingerprint density at radius 1 is 1.40 bits per heavy atom. The summed E-state index contributed by atoms with van der Waals surface area (Å²) in [5.74, 6) is 0.118. The highest BCUT2D eigenvalue weighted by molar-refractivity contribution is 5.37. The zero-order chi connectivity index (χ0) is 11.3. The van der Waals surface area contributed by atoms with Gasteiger partial charge >= 0.3 is 6.61 Å². The molecule has 15 heavy (non-hydrogen) atoms. The minimum Gasteiger partial charge on any atom is -0.434 e. The lowest BCUT2D eigenvalue weighted by molar-refractivity contribution is -0.0504. The van der Waals surface area contributed by atoms with Gasteiger partial charge in [0.25, 0.3) is 0 Å². The van der Waals surface area contributed by atoms with Gasteiger partial charge in [0.15, 0.2) is 0 Å². The highest BCUT2D eigenvalue weighted by Crippen LogP contribution is 2.22. The molecule has 5 heteroatoms. The molecule has 2 N–H and O–H groups in total. The smallest absolute Gasteiger partial charge is 0.387 e. The van der Waals surface area contributed by atoms with Crippen molar-refractivity contribution in [3.8, 4) is 5.75 Å². The lowest BCUT2D eigenvalue weighted by atomic mass is 10.1. The number of hydrogen-bond acceptors (Lipinski definition) is 3. The summed E-state index contributed by atoms with van der Waals surface area (Å²) < 4.78 is 33.2. The number of alkyl halides is 2. The molecule has 0 aliphatic carbocycles. The first-order chi connectivity index (χ1) is 7.17. The fourth-order valence-corrected chi connectivity index (χ4v) is 1.26. The topological polar surface area (TPSA) is 44.5 Å². The monoisotopic (exact) mass is 217 g/mol. The van der Waals surface area contributed by atoms with E-state index in [1.165, 1.54) is 6.07 Å². The van der Waals surface area contributed by atoms with E-state index in [0.29, 0.717) is 12.2 Å². The van der Waals surface area contributed by atoms with E-state index in [1.54, 1.807) is 19.2 Å². The van der Waals surface area contributed by atoms with Gasteiger partial charge in [-0.2, -0.15) is 8.78 Å². The first-order valence-corrected chi connectivity index (χ1v) is 4.43. The normalized spacial score (nSPS) is 10.7. The van der Waals surface area contributed by atoms with Crippen LogP contribution in [0.5, 0.6) is 5.75 Å². The maximum absolute atomic E-state index is 12.0. The van der Waals surface area contributed by atoms with Crippen LogP contribution in [0.4, 0.5) is 8.78 Å². The third-order valence-corrected chi connectivity index (χ3v) is 1.87. The van der Waals surface area contributed by atoms with E-state index in [9.17, 15) is 8.78 Å². The molecule has 1 rings (SSSR count). The molecule has 0 heterocycles. The van der Waals surface area contributed by atoms with Crippen molar-refractivity contribution in [1.29, 1.82) is 0 Å². The molecule has 0 atom stereocenters. The Labute approximate surface area is 86.8 Å². The fraction of sp³-hybridized carbons (Fsp3) is 0.400. The Kier molecular flexibility index (Phi) is 4.45. The maximum atomic E-state index is 12.0. The van der Waals surface area contributed by atoms with E-state index in [0.717, 1.165) is 5.56 Å². The summed E-state index contributed by atoms with van der Waals surface area (Å²) in [6.07, 6.45) is 0. The average Bonchev–Trinajstić information content (AvgIpc) is 2.20. The molecule has 0 aliphatic rings. The van der Waals surface area contributed by atoms with E-state index >= 15 is 0 Å². The minimum absolute atomic E-state index is 0.118. The Bertz CT molecular complexity index is 318. The molecule has 84 valence electrons. The fourth-order valence-electron chi connectivity index (χ4n) is 1.26. The number of hydrogen-bond donors (Lipinski definition) is 1. The van der Waals surface area contributed by atoms with Crippen molar-refractivity contribution in [2.75, 3.05) is 7.11 Å². The molecule has 0 aliphatic heterocycles. The van der Waals surface area contributed by atoms with Crippen molar-refractivity contribution in [3.63, 3.8) is 0 Å². The summed E-state index contributed by atoms with van der Waals surface area (Å²) in [5.41, 5.74) is 6.85. The van der Waals surface area contributed by atoms with E-state index in [4.69, 9.17) is 10.5 Å². The summed E-state index contributed by atoms with van der Waals surface area (Å²) in [6.45, 7) is -2.26. The largest absolute Gasteiger partial charge is 0.434 e. The molecular weight excluding hydrogens is 204 g/mol. The SMILES string of the molecule is COCc1ccc(OC(F)F)c(CN)c1. The summed E-state index contributed by atoms with van der Waals surface area (Å²) in [4.78, 5) is 0. The standard InChI is InChI=1S/C10H13F2NO2/c1-14-6-7-2-3-9(15-10(11)12)8(4-7)5-13/h2-4,10H,5-6,13H2,1H3. The van der Waals surface area contributed by atoms with Crippen LogP contribution in [-0.4, -0.2) is 13.7 Å². The van der Waals surface area contributed by atoms with Crippen LogP contribution in [0.15, 0.2) is 18.2 Å². The molecule has 0 unspecified atom stereocenters. The lowest BCUT2D eigenvalue weighted by Gasteiger charge is -2.10. The molecular formula is C10H13F2NO2. The number of rotatable bonds is 5. The number of halogens is 2. The minimum atomic E-state index is -2.83. The number of benzene rings is 1. The van der Waals surface area contributed by atoms with E-state index in [2.05, 4.69) is 4.74 Å². The predicted octanol–water partition coefficient (Wildman–Crippen LogP) is 1.89. The van der Waals surface area contributed by atoms with Crippen LogP contribution in [0.25, 0.3) is 0 Å². The van der Waals surface area contributed by atoms with Gasteiger partial charge in [-0.3, -0.25) is 0 Å². The summed E-state index contributed by atoms with van der Waals surface area (Å²) in [6, 6.07) is 4.84. The average molecular weight is 217 g/mol. The second-order valence-corrected chi connectivity index (χ2v) is 2.96. The molecule has 1 aromatic carbocycles. The van der Waals surface area contributed by atoms with Crippen molar-refractivity contribution in [1.82, 2.24) is 0 Å². The zero-order valence-corrected chi connectivity index (χ0v) is 8.37. The maximum Gasteiger partial charge on any atom is 0.387 e. The van der Waals surface area contributed by atoms with Crippen LogP contribution in [-0.2, 0) is 17.9 Å². The second-order valence-electron chi connectivity index (χ2n) is 2.96. The third kappa shape index (κ3) is 3.45. The zero-order valence-electron chi connectivity index (χ0n) is 8.37. The molecule has 0 radical (unpaired) electrons. The van der Waals surface area contributed by atoms with Crippen LogP contribution < -0.4 is 10.5 Å². The molecule has 0 bridgehead atoms. The summed E-state index contributed by atoms with van der Waals surface area (Å²) in [7, 11) is 1.56. The van der Waals surface area contributed by atoms with Crippen LogP contribution in [0.2, 0.25) is 0 Å². The molecule has 0 saturated heterocycles. The highest BCUT2D eigenvalue weighted by atomic mass is 19.3. The van der Waals surface area contributed by atoms with Crippen molar-refractivity contribution >= 4 is 0 Å². The van der Waals surface area contributed by atoms with E-state index < -0.39 is 6.61 Å². The Morgan fingerprint density at radius 2 is 2.13 bits per heavy atom. The van der Waals surface area contributed by atoms with Gasteiger partial charge in [-0.15, -0.1) is 0 Å². The van der Waals surface area contributed by atoms with E-state index in [-0.39, 0.29) is 12.3 Å². The van der Waals surface area contributed by atoms with E-state index in [1.807, 2.05) is 0 Å². The third-order valence-electron chi connectivity index (χ3n) is 1.87. The van der Waals surface area contributed by atoms with Gasteiger partial charge in [-0.05, 0) is 17.7 Å². The molecule has 1 aromatic rings. The van der Waals surface area contributed by atoms with Gasteiger partial charge in [0, 0.05) is 19.2 Å². The number of nitrogens with two attached hydrogens (primary N) is 1. The second kappa shape index (κ2) is 5.63. The Balaban J connectivity index is 2.88. The quantitative estimate of drug-likeness (QED) is 0.819. The van der Waals surface area contributed by atoms with Gasteiger partial charge < -0.3 is 15.2 Å². The van der Waals surface area contributed by atoms with Crippen LogP contribution in [0, 0.1) is 0 Å². The number of methoxy groups -OCH3 is 1. The van der Waals surface area contributed by atoms with Crippen LogP contribution in [0.3, 0.4) is 0 Å². The van der Waals surface area contributed by atoms with Gasteiger partial charge in [0.05, 0.1) is 6.61 Å². The Hall–Kier alpha value is -1.20. The molecule has 0 saturated carbocycles. The molecule has 0 fully saturated rings. The number of ether oxygens (including phenoxy) is 2. The molecule has 0 aromatic heterocycles. The first-order valence-electron chi connectivity index (χ1n) is 4.43. The summed E-state index contributed by atoms with van der Waals surface area (Å²) >= 11 is 0. The summed E-state index contributed by atoms with van der Waals surface area (Å²) in [5, 5.41) is 0. The van der Waals surface area contributed by atoms with Crippen LogP contribution in [0.1, 0.15) is 11.1 Å². The molecule has 0 spiro atoms. The van der Waals surface area contributed by atoms with Gasteiger partial charge in [0.2, 0.25) is 0 Å². The van der Waals surface area contributed by atoms with Crippen molar-refractivity contribution < 1.29 is 18.3 Å². The lowest BCUT2D eigenvalue weighted by Crippen LogP contribution is -2.07. The highest BCUT2D eigenvalue weighted by Gasteiger charge is 2.09. The van der Waals surface area contributed by atoms with Gasteiger partial charge in [-0.1, -0.05) is 6.07 Å². The van der Waals surface area contributed by atoms with Gasteiger partial charge in [0.1, 0.15) is 5.75 Å². The predicted molar refractivity (Wildman–Crippen MR) is 51.7 cm³/mol. The van der Waals surface area contributed by atoms with Crippen LogP contribution >= 0.6 is 0 Å².